The molecule has 6 heteroatoms. The summed E-state index contributed by atoms with van der Waals surface area (Å²) in [5, 5.41) is 0. The lowest BCUT2D eigenvalue weighted by atomic mass is 10.2. The summed E-state index contributed by atoms with van der Waals surface area (Å²) in [7, 11) is 0. The van der Waals surface area contributed by atoms with Crippen LogP contribution in [0.25, 0.3) is 22.8 Å². The Labute approximate surface area is 123 Å². The van der Waals surface area contributed by atoms with Gasteiger partial charge in [-0.1, -0.05) is 0 Å². The van der Waals surface area contributed by atoms with Crippen LogP contribution in [0.3, 0.4) is 0 Å². The number of aromatic nitrogens is 5. The first-order valence-corrected chi connectivity index (χ1v) is 6.63. The average Bonchev–Trinajstić information content (AvgIpc) is 2.48. The number of hydrogen-bond acceptors (Lipinski definition) is 5. The molecule has 3 rings (SSSR count). The second-order valence-electron chi connectivity index (χ2n) is 3.74. The quantitative estimate of drug-likeness (QED) is 0.657. The van der Waals surface area contributed by atoms with Gasteiger partial charge in [0.2, 0.25) is 0 Å². The number of halogens is 1. The van der Waals surface area contributed by atoms with Gasteiger partial charge in [0.05, 0.1) is 0 Å². The summed E-state index contributed by atoms with van der Waals surface area (Å²) < 4.78 is 0.644. The lowest BCUT2D eigenvalue weighted by Gasteiger charge is -2.03. The fourth-order valence-electron chi connectivity index (χ4n) is 1.60. The molecule has 0 N–H and O–H groups in total. The molecule has 0 radical (unpaired) electrons. The van der Waals surface area contributed by atoms with Gasteiger partial charge in [0.1, 0.15) is 0 Å². The number of pyridine rings is 2. The van der Waals surface area contributed by atoms with Crippen LogP contribution in [0.5, 0.6) is 0 Å². The van der Waals surface area contributed by atoms with Crippen molar-refractivity contribution in [2.75, 3.05) is 0 Å². The van der Waals surface area contributed by atoms with E-state index in [2.05, 4.69) is 47.5 Å². The Kier molecular flexibility index (Phi) is 3.41. The third kappa shape index (κ3) is 2.73. The van der Waals surface area contributed by atoms with Crippen LogP contribution < -0.4 is 0 Å². The van der Waals surface area contributed by atoms with Gasteiger partial charge in [-0.3, -0.25) is 9.97 Å². The SMILES string of the molecule is Ic1nc(-c2cccnc2)nc(-c2cccnc2)n1. The molecule has 0 aromatic carbocycles. The van der Waals surface area contributed by atoms with Crippen molar-refractivity contribution in [2.24, 2.45) is 0 Å². The lowest BCUT2D eigenvalue weighted by molar-refractivity contribution is 1.02. The van der Waals surface area contributed by atoms with E-state index in [0.29, 0.717) is 15.5 Å². The Morgan fingerprint density at radius 3 is 1.68 bits per heavy atom. The highest BCUT2D eigenvalue weighted by molar-refractivity contribution is 14.1. The van der Waals surface area contributed by atoms with Crippen LogP contribution in [-0.2, 0) is 0 Å². The summed E-state index contributed by atoms with van der Waals surface area (Å²) >= 11 is 2.08. The zero-order valence-corrected chi connectivity index (χ0v) is 11.9. The first-order chi connectivity index (χ1) is 9.33. The molecule has 3 aromatic heterocycles. The third-order valence-electron chi connectivity index (χ3n) is 2.45. The highest BCUT2D eigenvalue weighted by Crippen LogP contribution is 2.19. The highest BCUT2D eigenvalue weighted by atomic mass is 127. The summed E-state index contributed by atoms with van der Waals surface area (Å²) in [6.45, 7) is 0. The van der Waals surface area contributed by atoms with Crippen LogP contribution in [0.4, 0.5) is 0 Å². The number of hydrogen-bond donors (Lipinski definition) is 0. The van der Waals surface area contributed by atoms with Gasteiger partial charge in [-0.2, -0.15) is 0 Å². The van der Waals surface area contributed by atoms with Gasteiger partial charge in [-0.25, -0.2) is 15.0 Å². The van der Waals surface area contributed by atoms with E-state index < -0.39 is 0 Å². The second-order valence-corrected chi connectivity index (χ2v) is 4.70. The van der Waals surface area contributed by atoms with Crippen LogP contribution in [0.15, 0.2) is 49.1 Å². The topological polar surface area (TPSA) is 64.5 Å². The summed E-state index contributed by atoms with van der Waals surface area (Å²) in [6.07, 6.45) is 6.91. The number of rotatable bonds is 2. The maximum atomic E-state index is 4.47. The van der Waals surface area contributed by atoms with Gasteiger partial charge in [-0.15, -0.1) is 0 Å². The molecule has 0 amide bonds. The third-order valence-corrected chi connectivity index (χ3v) is 2.93. The normalized spacial score (nSPS) is 10.4. The molecule has 0 atom stereocenters. The van der Waals surface area contributed by atoms with Gasteiger partial charge in [0, 0.05) is 58.5 Å². The molecule has 92 valence electrons. The van der Waals surface area contributed by atoms with Crippen LogP contribution in [0.2, 0.25) is 0 Å². The minimum atomic E-state index is 0.617. The van der Waals surface area contributed by atoms with Crippen LogP contribution in [0.1, 0.15) is 0 Å². The fourth-order valence-corrected chi connectivity index (χ4v) is 2.06. The molecule has 3 aromatic rings. The first-order valence-electron chi connectivity index (χ1n) is 5.55. The summed E-state index contributed by atoms with van der Waals surface area (Å²) in [5.74, 6) is 1.23. The summed E-state index contributed by atoms with van der Waals surface area (Å²) in [4.78, 5) is 21.3. The fraction of sp³-hybridized carbons (Fsp3) is 0. The molecule has 0 saturated heterocycles. The Morgan fingerprint density at radius 1 is 0.737 bits per heavy atom. The van der Waals surface area contributed by atoms with Gasteiger partial charge < -0.3 is 0 Å². The van der Waals surface area contributed by atoms with Crippen LogP contribution in [-0.4, -0.2) is 24.9 Å². The van der Waals surface area contributed by atoms with E-state index in [-0.39, 0.29) is 0 Å². The Bertz CT molecular complexity index is 630. The smallest absolute Gasteiger partial charge is 0.194 e. The molecular weight excluding hydrogens is 353 g/mol. The van der Waals surface area contributed by atoms with Crippen molar-refractivity contribution < 1.29 is 0 Å². The maximum Gasteiger partial charge on any atom is 0.194 e. The van der Waals surface area contributed by atoms with Crippen molar-refractivity contribution in [3.8, 4) is 22.8 Å². The molecule has 19 heavy (non-hydrogen) atoms. The molecule has 5 nitrogen and oxygen atoms in total. The standard InChI is InChI=1S/C13H8IN5/c14-13-18-11(9-3-1-5-15-7-9)17-12(19-13)10-4-2-6-16-8-10/h1-8H. The maximum absolute atomic E-state index is 4.47. The van der Waals surface area contributed by atoms with Crippen molar-refractivity contribution in [3.63, 3.8) is 0 Å². The van der Waals surface area contributed by atoms with E-state index in [1.807, 2.05) is 24.3 Å². The molecule has 0 bridgehead atoms. The van der Waals surface area contributed by atoms with E-state index in [1.165, 1.54) is 0 Å². The van der Waals surface area contributed by atoms with Crippen molar-refractivity contribution in [3.05, 3.63) is 52.9 Å². The average molecular weight is 361 g/mol. The van der Waals surface area contributed by atoms with E-state index in [1.54, 1.807) is 24.8 Å². The van der Waals surface area contributed by atoms with Crippen molar-refractivity contribution >= 4 is 22.6 Å². The Morgan fingerprint density at radius 2 is 1.26 bits per heavy atom. The van der Waals surface area contributed by atoms with Crippen molar-refractivity contribution in [1.29, 1.82) is 0 Å². The van der Waals surface area contributed by atoms with Crippen molar-refractivity contribution in [1.82, 2.24) is 24.9 Å². The summed E-state index contributed by atoms with van der Waals surface area (Å²) in [5.41, 5.74) is 1.74. The van der Waals surface area contributed by atoms with Gasteiger partial charge >= 0.3 is 0 Å². The second kappa shape index (κ2) is 5.35. The zero-order valence-electron chi connectivity index (χ0n) is 9.73. The van der Waals surface area contributed by atoms with E-state index in [0.717, 1.165) is 11.1 Å². The van der Waals surface area contributed by atoms with Gasteiger partial charge in [-0.05, 0) is 24.3 Å². The molecule has 0 spiro atoms. The molecule has 0 aliphatic carbocycles. The molecule has 0 unspecified atom stereocenters. The predicted octanol–water partition coefficient (Wildman–Crippen LogP) is 2.60. The van der Waals surface area contributed by atoms with Gasteiger partial charge in [0.15, 0.2) is 15.5 Å². The highest BCUT2D eigenvalue weighted by Gasteiger charge is 2.08. The Hall–Kier alpha value is -1.96. The molecular formula is C13H8IN5. The van der Waals surface area contributed by atoms with Crippen LogP contribution in [0, 0.1) is 3.83 Å². The van der Waals surface area contributed by atoms with E-state index in [4.69, 9.17) is 0 Å². The minimum absolute atomic E-state index is 0.617. The molecule has 0 aliphatic rings. The molecule has 0 aliphatic heterocycles. The van der Waals surface area contributed by atoms with Gasteiger partial charge in [0.25, 0.3) is 0 Å². The molecule has 0 saturated carbocycles. The van der Waals surface area contributed by atoms with E-state index in [9.17, 15) is 0 Å². The first kappa shape index (κ1) is 12.1. The number of nitrogens with zero attached hydrogens (tertiary/aromatic N) is 5. The molecule has 0 fully saturated rings. The summed E-state index contributed by atoms with van der Waals surface area (Å²) in [6, 6.07) is 7.56. The Balaban J connectivity index is 2.12. The predicted molar refractivity (Wildman–Crippen MR) is 79.0 cm³/mol. The monoisotopic (exact) mass is 361 g/mol. The van der Waals surface area contributed by atoms with Crippen LogP contribution >= 0.6 is 22.6 Å². The van der Waals surface area contributed by atoms with E-state index >= 15 is 0 Å². The zero-order chi connectivity index (χ0) is 13.1. The van der Waals surface area contributed by atoms with Crippen molar-refractivity contribution in [2.45, 2.75) is 0 Å². The largest absolute Gasteiger partial charge is 0.264 e. The minimum Gasteiger partial charge on any atom is -0.264 e. The molecule has 3 heterocycles. The lowest BCUT2D eigenvalue weighted by Crippen LogP contribution is -1.99.